The largest absolute Gasteiger partial charge is 0.318 e. The molecule has 1 aromatic heterocycles. The second-order valence-corrected chi connectivity index (χ2v) is 8.67. The minimum absolute atomic E-state index is 0.650. The molecule has 1 aliphatic heterocycles. The minimum Gasteiger partial charge on any atom is -0.318 e. The molecule has 0 bridgehead atoms. The molecule has 0 saturated carbocycles. The van der Waals surface area contributed by atoms with E-state index < -0.39 is 11.6 Å². The third-order valence-corrected chi connectivity index (χ3v) is 6.64. The van der Waals surface area contributed by atoms with Crippen molar-refractivity contribution in [3.05, 3.63) is 53.6 Å². The Hall–Kier alpha value is -2.05. The second-order valence-electron chi connectivity index (χ2n) is 7.66. The van der Waals surface area contributed by atoms with E-state index in [1.54, 1.807) is 17.4 Å². The van der Waals surface area contributed by atoms with E-state index in [1.807, 2.05) is 11.0 Å². The van der Waals surface area contributed by atoms with Gasteiger partial charge in [-0.25, -0.2) is 13.8 Å². The van der Waals surface area contributed by atoms with Gasteiger partial charge in [-0.2, -0.15) is 0 Å². The summed E-state index contributed by atoms with van der Waals surface area (Å²) in [6.07, 6.45) is 5.79. The van der Waals surface area contributed by atoms with Gasteiger partial charge in [0.25, 0.3) is 0 Å². The number of hydrogen-bond donors (Lipinski definition) is 0. The Kier molecular flexibility index (Phi) is 6.40. The van der Waals surface area contributed by atoms with Gasteiger partial charge < -0.3 is 9.80 Å². The molecule has 0 aliphatic carbocycles. The van der Waals surface area contributed by atoms with Crippen molar-refractivity contribution in [3.8, 4) is 0 Å². The fourth-order valence-corrected chi connectivity index (χ4v) is 4.99. The van der Waals surface area contributed by atoms with Crippen LogP contribution in [-0.4, -0.2) is 36.1 Å². The van der Waals surface area contributed by atoms with Gasteiger partial charge in [0, 0.05) is 18.3 Å². The van der Waals surface area contributed by atoms with E-state index in [1.165, 1.54) is 37.0 Å². The lowest BCUT2D eigenvalue weighted by molar-refractivity contribution is 0.227. The van der Waals surface area contributed by atoms with E-state index in [9.17, 15) is 8.78 Å². The normalized spacial score (nSPS) is 15.1. The van der Waals surface area contributed by atoms with Crippen LogP contribution in [0.15, 0.2) is 36.4 Å². The third-order valence-electron chi connectivity index (χ3n) is 5.60. The van der Waals surface area contributed by atoms with E-state index in [-0.39, 0.29) is 0 Å². The molecule has 0 amide bonds. The summed E-state index contributed by atoms with van der Waals surface area (Å²) in [6, 6.07) is 10.4. The lowest BCUT2D eigenvalue weighted by Gasteiger charge is -2.28. The summed E-state index contributed by atoms with van der Waals surface area (Å²) < 4.78 is 28.6. The molecular weight excluding hydrogens is 388 g/mol. The molecule has 0 spiro atoms. The predicted octanol–water partition coefficient (Wildman–Crippen LogP) is 6.15. The molecule has 4 rings (SSSR count). The monoisotopic (exact) mass is 415 g/mol. The van der Waals surface area contributed by atoms with Crippen molar-refractivity contribution in [2.24, 2.45) is 0 Å². The Morgan fingerprint density at radius 1 is 1.03 bits per heavy atom. The molecule has 3 aromatic rings. The average molecular weight is 416 g/mol. The van der Waals surface area contributed by atoms with Crippen LogP contribution in [0.3, 0.4) is 0 Å². The molecule has 29 heavy (non-hydrogen) atoms. The number of nitrogens with zero attached hydrogens (tertiary/aromatic N) is 3. The first-order valence-electron chi connectivity index (χ1n) is 10.5. The van der Waals surface area contributed by atoms with E-state index >= 15 is 0 Å². The van der Waals surface area contributed by atoms with Gasteiger partial charge in [-0.05, 0) is 75.1 Å². The van der Waals surface area contributed by atoms with Gasteiger partial charge in [-0.3, -0.25) is 0 Å². The van der Waals surface area contributed by atoms with E-state index in [4.69, 9.17) is 4.98 Å². The lowest BCUT2D eigenvalue weighted by atomic mass is 10.1. The smallest absolute Gasteiger partial charge is 0.190 e. The first-order chi connectivity index (χ1) is 14.1. The number of halogens is 2. The van der Waals surface area contributed by atoms with Crippen LogP contribution in [-0.2, 0) is 6.42 Å². The molecule has 1 fully saturated rings. The topological polar surface area (TPSA) is 19.4 Å². The van der Waals surface area contributed by atoms with Gasteiger partial charge in [-0.1, -0.05) is 30.7 Å². The summed E-state index contributed by atoms with van der Waals surface area (Å²) in [7, 11) is 0. The van der Waals surface area contributed by atoms with Crippen molar-refractivity contribution in [2.45, 2.75) is 39.0 Å². The molecule has 0 unspecified atom stereocenters. The van der Waals surface area contributed by atoms with Crippen molar-refractivity contribution in [3.63, 3.8) is 0 Å². The Morgan fingerprint density at radius 2 is 1.86 bits per heavy atom. The van der Waals surface area contributed by atoms with Gasteiger partial charge >= 0.3 is 0 Å². The highest BCUT2D eigenvalue weighted by molar-refractivity contribution is 7.22. The van der Waals surface area contributed by atoms with Crippen LogP contribution in [0.2, 0.25) is 0 Å². The van der Waals surface area contributed by atoms with Gasteiger partial charge in [0.05, 0.1) is 10.2 Å². The fraction of sp³-hybridized carbons (Fsp3) is 0.435. The Morgan fingerprint density at radius 3 is 2.62 bits per heavy atom. The zero-order valence-corrected chi connectivity index (χ0v) is 17.7. The number of aromatic nitrogens is 1. The number of piperidine rings is 1. The Labute approximate surface area is 175 Å². The molecule has 0 radical (unpaired) electrons. The van der Waals surface area contributed by atoms with E-state index in [0.29, 0.717) is 5.69 Å². The Bertz CT molecular complexity index is 966. The van der Waals surface area contributed by atoms with Crippen molar-refractivity contribution < 1.29 is 8.78 Å². The molecule has 0 atom stereocenters. The van der Waals surface area contributed by atoms with Crippen LogP contribution in [0, 0.1) is 11.6 Å². The molecule has 154 valence electrons. The van der Waals surface area contributed by atoms with Gasteiger partial charge in [-0.15, -0.1) is 0 Å². The highest BCUT2D eigenvalue weighted by Crippen LogP contribution is 2.34. The maximum Gasteiger partial charge on any atom is 0.190 e. The molecule has 6 heteroatoms. The molecule has 0 N–H and O–H groups in total. The van der Waals surface area contributed by atoms with Crippen LogP contribution in [0.4, 0.5) is 19.6 Å². The average Bonchev–Trinajstić information content (AvgIpc) is 3.17. The Balaban J connectivity index is 1.59. The van der Waals surface area contributed by atoms with Crippen LogP contribution in [0.1, 0.15) is 38.2 Å². The number of aryl methyl sites for hydroxylation is 1. The maximum atomic E-state index is 13.9. The third kappa shape index (κ3) is 4.75. The first kappa shape index (κ1) is 20.2. The first-order valence-corrected chi connectivity index (χ1v) is 11.3. The molecular formula is C23H27F2N3S. The van der Waals surface area contributed by atoms with Crippen molar-refractivity contribution >= 4 is 32.4 Å². The van der Waals surface area contributed by atoms with Crippen molar-refractivity contribution in [1.29, 1.82) is 0 Å². The predicted molar refractivity (Wildman–Crippen MR) is 117 cm³/mol. The van der Waals surface area contributed by atoms with Gasteiger partial charge in [0.2, 0.25) is 0 Å². The summed E-state index contributed by atoms with van der Waals surface area (Å²) in [6.45, 7) is 6.20. The van der Waals surface area contributed by atoms with Crippen LogP contribution in [0.25, 0.3) is 10.2 Å². The number of rotatable bonds is 7. The summed E-state index contributed by atoms with van der Waals surface area (Å²) in [5.74, 6) is -1.64. The summed E-state index contributed by atoms with van der Waals surface area (Å²) >= 11 is 1.61. The molecule has 3 nitrogen and oxygen atoms in total. The van der Waals surface area contributed by atoms with E-state index in [2.05, 4.69) is 24.0 Å². The minimum atomic E-state index is -0.821. The number of likely N-dealkylation sites (tertiary alicyclic amines) is 1. The van der Waals surface area contributed by atoms with E-state index in [0.717, 1.165) is 54.4 Å². The summed E-state index contributed by atoms with van der Waals surface area (Å²) in [5.41, 5.74) is 2.88. The van der Waals surface area contributed by atoms with Crippen molar-refractivity contribution in [2.75, 3.05) is 31.1 Å². The summed E-state index contributed by atoms with van der Waals surface area (Å²) in [5, 5.41) is 0.831. The lowest BCUT2D eigenvalue weighted by Crippen LogP contribution is -2.32. The number of anilines is 2. The molecule has 1 aliphatic rings. The number of thiazole rings is 1. The van der Waals surface area contributed by atoms with Crippen LogP contribution >= 0.6 is 11.3 Å². The highest BCUT2D eigenvalue weighted by atomic mass is 32.1. The zero-order chi connectivity index (χ0) is 20.2. The SMILES string of the molecule is CCc1ccc2nc(N(CCCN3CCCCC3)c3ccc(F)c(F)c3)sc2c1. The molecule has 1 saturated heterocycles. The zero-order valence-electron chi connectivity index (χ0n) is 16.8. The number of benzene rings is 2. The summed E-state index contributed by atoms with van der Waals surface area (Å²) in [4.78, 5) is 9.33. The second kappa shape index (κ2) is 9.18. The standard InChI is InChI=1S/C23H27F2N3S/c1-2-17-7-10-21-22(15-17)29-23(26-21)28(18-8-9-19(24)20(25)16-18)14-6-13-27-11-4-3-5-12-27/h7-10,15-16H,2-6,11-14H2,1H3. The fourth-order valence-electron chi connectivity index (χ4n) is 3.92. The van der Waals surface area contributed by atoms with Crippen molar-refractivity contribution in [1.82, 2.24) is 9.88 Å². The quantitative estimate of drug-likeness (QED) is 0.461. The number of fused-ring (bicyclic) bond motifs is 1. The number of hydrogen-bond acceptors (Lipinski definition) is 4. The maximum absolute atomic E-state index is 13.9. The van der Waals surface area contributed by atoms with Crippen LogP contribution in [0.5, 0.6) is 0 Å². The van der Waals surface area contributed by atoms with Gasteiger partial charge in [0.15, 0.2) is 16.8 Å². The van der Waals surface area contributed by atoms with Crippen LogP contribution < -0.4 is 4.90 Å². The van der Waals surface area contributed by atoms with Gasteiger partial charge in [0.1, 0.15) is 0 Å². The molecule has 2 aromatic carbocycles. The molecule has 2 heterocycles. The highest BCUT2D eigenvalue weighted by Gasteiger charge is 2.17.